The van der Waals surface area contributed by atoms with Gasteiger partial charge < -0.3 is 5.32 Å². The van der Waals surface area contributed by atoms with E-state index in [0.29, 0.717) is 11.3 Å². The second-order valence-corrected chi connectivity index (χ2v) is 6.34. The fraction of sp³-hybridized carbons (Fsp3) is 0.136. The van der Waals surface area contributed by atoms with Crippen molar-refractivity contribution in [2.45, 2.75) is 19.5 Å². The van der Waals surface area contributed by atoms with E-state index in [2.05, 4.69) is 24.4 Å². The number of anilines is 2. The zero-order valence-electron chi connectivity index (χ0n) is 14.4. The molecule has 0 fully saturated rings. The van der Waals surface area contributed by atoms with Crippen LogP contribution >= 0.6 is 0 Å². The summed E-state index contributed by atoms with van der Waals surface area (Å²) in [6, 6.07) is 21.7. The van der Waals surface area contributed by atoms with Crippen LogP contribution in [-0.4, -0.2) is 5.91 Å². The molecule has 0 aromatic heterocycles. The molecule has 3 aromatic rings. The van der Waals surface area contributed by atoms with E-state index >= 15 is 0 Å². The van der Waals surface area contributed by atoms with Crippen molar-refractivity contribution in [1.29, 1.82) is 0 Å². The van der Waals surface area contributed by atoms with Crippen molar-refractivity contribution in [2.75, 3.05) is 10.2 Å². The Morgan fingerprint density at radius 3 is 2.35 bits per heavy atom. The number of hydrogen-bond donors (Lipinski definition) is 1. The Balaban J connectivity index is 1.82. The molecule has 0 radical (unpaired) electrons. The lowest BCUT2D eigenvalue weighted by Crippen LogP contribution is -2.43. The number of rotatable bonds is 3. The predicted molar refractivity (Wildman–Crippen MR) is 102 cm³/mol. The molecule has 4 rings (SSSR count). The van der Waals surface area contributed by atoms with Crippen LogP contribution in [-0.2, 0) is 6.42 Å². The molecule has 1 aliphatic rings. The zero-order valence-corrected chi connectivity index (χ0v) is 14.4. The van der Waals surface area contributed by atoms with Crippen LogP contribution in [0.25, 0.3) is 0 Å². The van der Waals surface area contributed by atoms with E-state index in [4.69, 9.17) is 0 Å². The number of para-hydroxylation sites is 1. The number of carbonyl (C=O) groups excluding carboxylic acids is 1. The highest BCUT2D eigenvalue weighted by Gasteiger charge is 2.33. The van der Waals surface area contributed by atoms with Crippen molar-refractivity contribution < 1.29 is 9.18 Å². The van der Waals surface area contributed by atoms with E-state index in [1.165, 1.54) is 17.7 Å². The van der Waals surface area contributed by atoms with Crippen LogP contribution < -0.4 is 10.2 Å². The maximum atomic E-state index is 13.4. The Bertz CT molecular complexity index is 935. The lowest BCUT2D eigenvalue weighted by Gasteiger charge is -2.38. The van der Waals surface area contributed by atoms with Crippen LogP contribution in [0.2, 0.25) is 0 Å². The summed E-state index contributed by atoms with van der Waals surface area (Å²) in [6.07, 6.45) is 0.607. The molecule has 1 amide bonds. The first kappa shape index (κ1) is 16.3. The van der Waals surface area contributed by atoms with Crippen LogP contribution in [0, 0.1) is 5.82 Å². The van der Waals surface area contributed by atoms with Gasteiger partial charge in [0, 0.05) is 11.4 Å². The standard InChI is InChI=1S/C22H19FN2O/c1-2-15-7-9-16(10-8-15)21-24-20-6-4-3-5-19(20)22(26)25(21)18-13-11-17(23)12-14-18/h3-14,21,24H,2H2,1H3/t21-/m1/s1. The Morgan fingerprint density at radius 1 is 0.962 bits per heavy atom. The molecule has 3 aromatic carbocycles. The minimum Gasteiger partial charge on any atom is -0.360 e. The number of nitrogens with one attached hydrogen (secondary N) is 1. The van der Waals surface area contributed by atoms with Crippen molar-refractivity contribution in [1.82, 2.24) is 0 Å². The number of nitrogens with zero attached hydrogens (tertiary/aromatic N) is 1. The van der Waals surface area contributed by atoms with Crippen LogP contribution in [0.4, 0.5) is 15.8 Å². The molecule has 0 saturated carbocycles. The highest BCUT2D eigenvalue weighted by molar-refractivity contribution is 6.12. The Hall–Kier alpha value is -3.14. The lowest BCUT2D eigenvalue weighted by atomic mass is 10.0. The number of amides is 1. The first-order chi connectivity index (χ1) is 12.7. The van der Waals surface area contributed by atoms with Gasteiger partial charge in [0.25, 0.3) is 5.91 Å². The number of aryl methyl sites for hydroxylation is 1. The van der Waals surface area contributed by atoms with E-state index in [9.17, 15) is 9.18 Å². The molecule has 1 N–H and O–H groups in total. The van der Waals surface area contributed by atoms with Crippen molar-refractivity contribution in [2.24, 2.45) is 0 Å². The molecule has 0 spiro atoms. The summed E-state index contributed by atoms with van der Waals surface area (Å²) in [5, 5.41) is 3.46. The first-order valence-corrected chi connectivity index (χ1v) is 8.71. The topological polar surface area (TPSA) is 32.3 Å². The second-order valence-electron chi connectivity index (χ2n) is 6.34. The summed E-state index contributed by atoms with van der Waals surface area (Å²) in [4.78, 5) is 14.9. The van der Waals surface area contributed by atoms with E-state index in [1.54, 1.807) is 23.1 Å². The third kappa shape index (κ3) is 2.84. The number of fused-ring (bicyclic) bond motifs is 1. The molecular weight excluding hydrogens is 327 g/mol. The van der Waals surface area contributed by atoms with Crippen molar-refractivity contribution in [3.05, 3.63) is 95.3 Å². The molecule has 3 nitrogen and oxygen atoms in total. The SMILES string of the molecule is CCc1ccc([C@@H]2Nc3ccccc3C(=O)N2c2ccc(F)cc2)cc1. The lowest BCUT2D eigenvalue weighted by molar-refractivity contribution is 0.0975. The molecule has 1 atom stereocenters. The van der Waals surface area contributed by atoms with Gasteiger partial charge in [-0.15, -0.1) is 0 Å². The number of halogens is 1. The van der Waals surface area contributed by atoms with Gasteiger partial charge in [-0.3, -0.25) is 9.69 Å². The molecule has 26 heavy (non-hydrogen) atoms. The molecule has 0 unspecified atom stereocenters. The molecule has 0 aliphatic carbocycles. The van der Waals surface area contributed by atoms with Gasteiger partial charge in [-0.2, -0.15) is 0 Å². The van der Waals surface area contributed by atoms with E-state index in [0.717, 1.165) is 17.7 Å². The zero-order chi connectivity index (χ0) is 18.1. The summed E-state index contributed by atoms with van der Waals surface area (Å²) >= 11 is 0. The molecule has 1 heterocycles. The highest BCUT2D eigenvalue weighted by Crippen LogP contribution is 2.36. The minimum atomic E-state index is -0.353. The van der Waals surface area contributed by atoms with E-state index < -0.39 is 0 Å². The second kappa shape index (κ2) is 6.64. The molecule has 0 saturated heterocycles. The van der Waals surface area contributed by atoms with Crippen LogP contribution in [0.1, 0.15) is 34.6 Å². The maximum absolute atomic E-state index is 13.4. The summed E-state index contributed by atoms with van der Waals surface area (Å²) in [5.74, 6) is -0.425. The van der Waals surface area contributed by atoms with Gasteiger partial charge in [0.05, 0.1) is 5.56 Å². The van der Waals surface area contributed by atoms with Crippen LogP contribution in [0.15, 0.2) is 72.8 Å². The number of carbonyl (C=O) groups is 1. The third-order valence-corrected chi connectivity index (χ3v) is 4.74. The Kier molecular flexibility index (Phi) is 4.17. The fourth-order valence-corrected chi connectivity index (χ4v) is 3.29. The van der Waals surface area contributed by atoms with Gasteiger partial charge in [0.1, 0.15) is 12.0 Å². The molecule has 4 heteroatoms. The average molecular weight is 346 g/mol. The van der Waals surface area contributed by atoms with Crippen LogP contribution in [0.5, 0.6) is 0 Å². The third-order valence-electron chi connectivity index (χ3n) is 4.74. The predicted octanol–water partition coefficient (Wildman–Crippen LogP) is 5.16. The minimum absolute atomic E-state index is 0.101. The van der Waals surface area contributed by atoms with E-state index in [1.807, 2.05) is 30.3 Å². The maximum Gasteiger partial charge on any atom is 0.262 e. The quantitative estimate of drug-likeness (QED) is 0.710. The fourth-order valence-electron chi connectivity index (χ4n) is 3.29. The van der Waals surface area contributed by atoms with Gasteiger partial charge in [-0.1, -0.05) is 43.3 Å². The molecule has 1 aliphatic heterocycles. The van der Waals surface area contributed by atoms with Gasteiger partial charge in [-0.25, -0.2) is 4.39 Å². The number of benzene rings is 3. The molecule has 130 valence electrons. The summed E-state index contributed by atoms with van der Waals surface area (Å²) in [5.41, 5.74) is 4.29. The van der Waals surface area contributed by atoms with Crippen molar-refractivity contribution >= 4 is 17.3 Å². The van der Waals surface area contributed by atoms with Crippen molar-refractivity contribution in [3.63, 3.8) is 0 Å². The van der Waals surface area contributed by atoms with Crippen LogP contribution in [0.3, 0.4) is 0 Å². The Labute approximate surface area is 152 Å². The normalized spacial score (nSPS) is 16.2. The summed E-state index contributed by atoms with van der Waals surface area (Å²) in [7, 11) is 0. The number of hydrogen-bond acceptors (Lipinski definition) is 2. The Morgan fingerprint density at radius 2 is 1.65 bits per heavy atom. The van der Waals surface area contributed by atoms with Gasteiger partial charge in [-0.05, 0) is 53.9 Å². The highest BCUT2D eigenvalue weighted by atomic mass is 19.1. The molecular formula is C22H19FN2O. The van der Waals surface area contributed by atoms with Gasteiger partial charge in [0.2, 0.25) is 0 Å². The monoisotopic (exact) mass is 346 g/mol. The largest absolute Gasteiger partial charge is 0.360 e. The molecule has 0 bridgehead atoms. The van der Waals surface area contributed by atoms with Gasteiger partial charge in [0.15, 0.2) is 0 Å². The van der Waals surface area contributed by atoms with Gasteiger partial charge >= 0.3 is 0 Å². The first-order valence-electron chi connectivity index (χ1n) is 8.71. The summed E-state index contributed by atoms with van der Waals surface area (Å²) in [6.45, 7) is 2.11. The smallest absolute Gasteiger partial charge is 0.262 e. The summed E-state index contributed by atoms with van der Waals surface area (Å²) < 4.78 is 13.4. The van der Waals surface area contributed by atoms with Crippen molar-refractivity contribution in [3.8, 4) is 0 Å². The average Bonchev–Trinajstić information content (AvgIpc) is 2.69. The van der Waals surface area contributed by atoms with E-state index in [-0.39, 0.29) is 17.9 Å².